The van der Waals surface area contributed by atoms with Crippen LogP contribution in [0, 0.1) is 11.3 Å². The van der Waals surface area contributed by atoms with E-state index >= 15 is 0 Å². The molecule has 6 heteroatoms. The Labute approximate surface area is 171 Å². The van der Waals surface area contributed by atoms with Crippen molar-refractivity contribution in [1.29, 1.82) is 0 Å². The normalized spacial score (nSPS) is 28.5. The lowest BCUT2D eigenvalue weighted by Crippen LogP contribution is -2.42. The summed E-state index contributed by atoms with van der Waals surface area (Å²) in [6.45, 7) is 1.83. The van der Waals surface area contributed by atoms with Gasteiger partial charge in [-0.15, -0.1) is 0 Å². The number of hydrogen-bond acceptors (Lipinski definition) is 3. The van der Waals surface area contributed by atoms with Crippen LogP contribution in [-0.2, 0) is 15.0 Å². The van der Waals surface area contributed by atoms with E-state index in [2.05, 4.69) is 0 Å². The number of fused-ring (bicyclic) bond motifs is 1. The van der Waals surface area contributed by atoms with Gasteiger partial charge in [0.15, 0.2) is 0 Å². The maximum absolute atomic E-state index is 13.6. The number of benzene rings is 2. The number of furan rings is 1. The van der Waals surface area contributed by atoms with E-state index in [0.717, 1.165) is 5.56 Å². The lowest BCUT2D eigenvalue weighted by Gasteiger charge is -2.27. The molecule has 2 heterocycles. The van der Waals surface area contributed by atoms with E-state index in [1.165, 1.54) is 4.90 Å². The molecule has 3 atom stereocenters. The van der Waals surface area contributed by atoms with Gasteiger partial charge in [-0.1, -0.05) is 53.5 Å². The number of rotatable bonds is 3. The van der Waals surface area contributed by atoms with Crippen LogP contribution in [0.2, 0.25) is 10.0 Å². The number of piperidine rings is 1. The van der Waals surface area contributed by atoms with Gasteiger partial charge in [0.25, 0.3) is 0 Å². The van der Waals surface area contributed by atoms with Gasteiger partial charge in [-0.3, -0.25) is 9.59 Å². The summed E-state index contributed by atoms with van der Waals surface area (Å²) in [5.74, 6) is -0.484. The molecule has 2 fully saturated rings. The van der Waals surface area contributed by atoms with Gasteiger partial charge in [0.1, 0.15) is 5.76 Å². The van der Waals surface area contributed by atoms with Crippen molar-refractivity contribution in [3.8, 4) is 0 Å². The van der Waals surface area contributed by atoms with E-state index in [-0.39, 0.29) is 11.8 Å². The topological polar surface area (TPSA) is 50.5 Å². The van der Waals surface area contributed by atoms with Crippen LogP contribution in [0.3, 0.4) is 0 Å². The maximum atomic E-state index is 13.6. The summed E-state index contributed by atoms with van der Waals surface area (Å²) < 4.78 is 5.73. The highest BCUT2D eigenvalue weighted by molar-refractivity contribution is 6.36. The lowest BCUT2D eigenvalue weighted by molar-refractivity contribution is -0.125. The molecule has 4 nitrogen and oxygen atoms in total. The van der Waals surface area contributed by atoms with Crippen LogP contribution < -0.4 is 4.90 Å². The molecule has 140 valence electrons. The van der Waals surface area contributed by atoms with E-state index in [1.54, 1.807) is 30.5 Å². The molecule has 1 unspecified atom stereocenters. The van der Waals surface area contributed by atoms with Gasteiger partial charge in [0.2, 0.25) is 11.8 Å². The smallest absolute Gasteiger partial charge is 0.241 e. The number of hydrogen-bond donors (Lipinski definition) is 0. The lowest BCUT2D eigenvalue weighted by atomic mass is 9.82. The van der Waals surface area contributed by atoms with Crippen LogP contribution in [0.1, 0.15) is 18.2 Å². The third-order valence-corrected chi connectivity index (χ3v) is 6.54. The minimum atomic E-state index is -0.946. The van der Waals surface area contributed by atoms with Crippen molar-refractivity contribution in [2.45, 2.75) is 12.3 Å². The minimum Gasteiger partial charge on any atom is -0.468 e. The Hall–Kier alpha value is -2.56. The second-order valence-corrected chi connectivity index (χ2v) is 8.27. The number of anilines is 1. The van der Waals surface area contributed by atoms with Crippen LogP contribution in [0.5, 0.6) is 0 Å². The van der Waals surface area contributed by atoms with Gasteiger partial charge in [-0.05, 0) is 42.8 Å². The van der Waals surface area contributed by atoms with Crippen molar-refractivity contribution in [2.24, 2.45) is 11.3 Å². The Balaban J connectivity index is 1.67. The second kappa shape index (κ2) is 5.72. The van der Waals surface area contributed by atoms with Crippen molar-refractivity contribution in [1.82, 2.24) is 0 Å². The van der Waals surface area contributed by atoms with Crippen molar-refractivity contribution < 1.29 is 14.0 Å². The molecule has 2 amide bonds. The SMILES string of the molecule is C[C@@]12C(=O)N(c3cc(Cl)cc(Cl)c3)C(=O)C1[C@]2(c1ccccc1)c1ccco1. The molecule has 0 bridgehead atoms. The zero-order chi connectivity index (χ0) is 19.7. The Kier molecular flexibility index (Phi) is 3.58. The van der Waals surface area contributed by atoms with Crippen LogP contribution in [-0.4, -0.2) is 11.8 Å². The molecule has 5 rings (SSSR count). The summed E-state index contributed by atoms with van der Waals surface area (Å²) in [6, 6.07) is 17.9. The molecule has 0 spiro atoms. The van der Waals surface area contributed by atoms with E-state index in [4.69, 9.17) is 27.6 Å². The quantitative estimate of drug-likeness (QED) is 0.564. The standard InChI is InChI=1S/C22H15Cl2NO3/c1-21-18(19(26)25(20(21)27)16-11-14(23)10-15(24)12-16)22(21,17-8-5-9-28-17)13-6-3-2-4-7-13/h2-12,18H,1H3/t18?,21-,22-/m0/s1. The average molecular weight is 412 g/mol. The van der Waals surface area contributed by atoms with Crippen molar-refractivity contribution >= 4 is 40.7 Å². The summed E-state index contributed by atoms with van der Waals surface area (Å²) in [7, 11) is 0. The van der Waals surface area contributed by atoms with Crippen molar-refractivity contribution in [2.75, 3.05) is 4.90 Å². The minimum absolute atomic E-state index is 0.272. The summed E-state index contributed by atoms with van der Waals surface area (Å²) in [6.07, 6.45) is 1.57. The molecule has 0 N–H and O–H groups in total. The number of carbonyl (C=O) groups is 2. The number of amides is 2. The van der Waals surface area contributed by atoms with Crippen LogP contribution >= 0.6 is 23.2 Å². The van der Waals surface area contributed by atoms with Crippen LogP contribution in [0.4, 0.5) is 5.69 Å². The predicted octanol–water partition coefficient (Wildman–Crippen LogP) is 5.08. The van der Waals surface area contributed by atoms with Gasteiger partial charge in [-0.25, -0.2) is 4.90 Å². The summed E-state index contributed by atoms with van der Waals surface area (Å²) in [5.41, 5.74) is -0.478. The zero-order valence-electron chi connectivity index (χ0n) is 14.9. The first-order valence-corrected chi connectivity index (χ1v) is 9.62. The largest absolute Gasteiger partial charge is 0.468 e. The summed E-state index contributed by atoms with van der Waals surface area (Å²) in [5, 5.41) is 0.739. The number of nitrogens with zero attached hydrogens (tertiary/aromatic N) is 1. The highest BCUT2D eigenvalue weighted by Gasteiger charge is 2.88. The summed E-state index contributed by atoms with van der Waals surface area (Å²) in [4.78, 5) is 28.2. The van der Waals surface area contributed by atoms with Gasteiger partial charge in [0.05, 0.1) is 28.7 Å². The van der Waals surface area contributed by atoms with Gasteiger partial charge < -0.3 is 4.42 Å². The molecule has 28 heavy (non-hydrogen) atoms. The summed E-state index contributed by atoms with van der Waals surface area (Å²) >= 11 is 12.2. The molecule has 1 saturated carbocycles. The van der Waals surface area contributed by atoms with E-state index < -0.39 is 16.7 Å². The molecular weight excluding hydrogens is 397 g/mol. The monoisotopic (exact) mass is 411 g/mol. The number of carbonyl (C=O) groups excluding carboxylic acids is 2. The molecule has 0 radical (unpaired) electrons. The highest BCUT2D eigenvalue weighted by Crippen LogP contribution is 2.76. The number of imide groups is 1. The van der Waals surface area contributed by atoms with Gasteiger partial charge in [0, 0.05) is 10.0 Å². The Morgan fingerprint density at radius 3 is 2.18 bits per heavy atom. The second-order valence-electron chi connectivity index (χ2n) is 7.39. The Morgan fingerprint density at radius 1 is 0.964 bits per heavy atom. The third kappa shape index (κ3) is 1.97. The van der Waals surface area contributed by atoms with E-state index in [0.29, 0.717) is 21.5 Å². The first-order chi connectivity index (χ1) is 13.4. The molecular formula is C22H15Cl2NO3. The molecule has 1 saturated heterocycles. The average Bonchev–Trinajstić information content (AvgIpc) is 2.96. The highest BCUT2D eigenvalue weighted by atomic mass is 35.5. The molecule has 2 aliphatic rings. The fourth-order valence-electron chi connectivity index (χ4n) is 4.93. The molecule has 1 aliphatic carbocycles. The molecule has 3 aromatic rings. The van der Waals surface area contributed by atoms with Crippen LogP contribution in [0.25, 0.3) is 0 Å². The van der Waals surface area contributed by atoms with Crippen molar-refractivity contribution in [3.05, 3.63) is 88.3 Å². The Bertz CT molecular complexity index is 1090. The van der Waals surface area contributed by atoms with Crippen molar-refractivity contribution in [3.63, 3.8) is 0 Å². The predicted molar refractivity (Wildman–Crippen MR) is 106 cm³/mol. The molecule has 1 aliphatic heterocycles. The van der Waals surface area contributed by atoms with Crippen LogP contribution in [0.15, 0.2) is 71.3 Å². The maximum Gasteiger partial charge on any atom is 0.241 e. The first-order valence-electron chi connectivity index (χ1n) is 8.86. The van der Waals surface area contributed by atoms with Gasteiger partial charge >= 0.3 is 0 Å². The third-order valence-electron chi connectivity index (χ3n) is 6.11. The van der Waals surface area contributed by atoms with E-state index in [1.807, 2.05) is 43.3 Å². The van der Waals surface area contributed by atoms with Gasteiger partial charge in [-0.2, -0.15) is 0 Å². The molecule has 1 aromatic heterocycles. The Morgan fingerprint density at radius 2 is 1.64 bits per heavy atom. The van der Waals surface area contributed by atoms with E-state index in [9.17, 15) is 9.59 Å². The fraction of sp³-hybridized carbons (Fsp3) is 0.182. The zero-order valence-corrected chi connectivity index (χ0v) is 16.4. The number of halogens is 2. The fourth-order valence-corrected chi connectivity index (χ4v) is 5.44. The first kappa shape index (κ1) is 17.5. The molecule has 2 aromatic carbocycles.